The second-order valence-corrected chi connectivity index (χ2v) is 9.23. The first-order valence-corrected chi connectivity index (χ1v) is 10.7. The zero-order valence-corrected chi connectivity index (χ0v) is 20.0. The Balaban J connectivity index is 0.00000225. The van der Waals surface area contributed by atoms with Crippen molar-refractivity contribution in [2.75, 3.05) is 23.7 Å². The Kier molecular flexibility index (Phi) is 7.62. The van der Waals surface area contributed by atoms with E-state index in [0.717, 1.165) is 27.4 Å². The van der Waals surface area contributed by atoms with E-state index < -0.39 is 15.9 Å². The molecule has 1 fully saturated rings. The molecule has 0 saturated carbocycles. The summed E-state index contributed by atoms with van der Waals surface area (Å²) < 4.78 is 32.7. The molecule has 1 amide bonds. The topological polar surface area (TPSA) is 80.8 Å². The van der Waals surface area contributed by atoms with Crippen molar-refractivity contribution in [3.8, 4) is 0 Å². The van der Waals surface area contributed by atoms with Crippen LogP contribution in [0.3, 0.4) is 0 Å². The number of anilines is 1. The summed E-state index contributed by atoms with van der Waals surface area (Å²) in [7, 11) is -4.40. The minimum Gasteiger partial charge on any atom is -0.748 e. The minimum absolute atomic E-state index is 0. The molecule has 0 radical (unpaired) electrons. The third kappa shape index (κ3) is 4.70. The van der Waals surface area contributed by atoms with Crippen molar-refractivity contribution in [2.24, 2.45) is 0 Å². The fraction of sp³-hybridized carbons (Fsp3) is 0.286. The number of hydrogen-bond acceptors (Lipinski definition) is 8. The van der Waals surface area contributed by atoms with Gasteiger partial charge in [0.15, 0.2) is 0 Å². The molecule has 1 aromatic carbocycles. The van der Waals surface area contributed by atoms with E-state index in [4.69, 9.17) is 12.2 Å². The molecule has 2 aliphatic heterocycles. The smallest absolute Gasteiger partial charge is 0.748 e. The molecule has 6 nitrogen and oxygen atoms in total. The molecule has 1 saturated heterocycles. The summed E-state index contributed by atoms with van der Waals surface area (Å²) in [6.07, 6.45) is 0. The molecule has 2 heterocycles. The maximum atomic E-state index is 12.7. The van der Waals surface area contributed by atoms with Crippen molar-refractivity contribution < 1.29 is 69.1 Å². The molecular formula is C14H13KN2O4S4. The van der Waals surface area contributed by atoms with Crippen molar-refractivity contribution in [1.29, 1.82) is 0 Å². The van der Waals surface area contributed by atoms with Crippen LogP contribution >= 0.6 is 35.7 Å². The molecule has 0 spiro atoms. The summed E-state index contributed by atoms with van der Waals surface area (Å²) in [6, 6.07) is 7.85. The number of nitrogens with zero attached hydrogens (tertiary/aromatic N) is 2. The van der Waals surface area contributed by atoms with Gasteiger partial charge in [0, 0.05) is 18.0 Å². The molecule has 1 aromatic rings. The van der Waals surface area contributed by atoms with E-state index in [0.29, 0.717) is 11.4 Å². The van der Waals surface area contributed by atoms with Crippen molar-refractivity contribution in [3.05, 3.63) is 34.2 Å². The average molecular weight is 441 g/mol. The zero-order valence-electron chi connectivity index (χ0n) is 13.6. The Morgan fingerprint density at radius 1 is 1.20 bits per heavy atom. The minimum atomic E-state index is -4.40. The molecular weight excluding hydrogens is 428 g/mol. The van der Waals surface area contributed by atoms with Crippen LogP contribution in [0.2, 0.25) is 0 Å². The van der Waals surface area contributed by atoms with Gasteiger partial charge in [0.25, 0.3) is 5.91 Å². The number of carbonyl (C=O) groups excluding carboxylic acids is 1. The van der Waals surface area contributed by atoms with Crippen LogP contribution < -0.4 is 56.3 Å². The van der Waals surface area contributed by atoms with Gasteiger partial charge in [0.2, 0.25) is 0 Å². The number of thiocarbonyl (C=S) groups is 1. The van der Waals surface area contributed by atoms with Crippen LogP contribution in [0, 0.1) is 0 Å². The summed E-state index contributed by atoms with van der Waals surface area (Å²) in [4.78, 5) is 17.4. The monoisotopic (exact) mass is 440 g/mol. The van der Waals surface area contributed by atoms with E-state index in [9.17, 15) is 17.8 Å². The van der Waals surface area contributed by atoms with Crippen LogP contribution in [-0.4, -0.2) is 46.9 Å². The quantitative estimate of drug-likeness (QED) is 0.261. The van der Waals surface area contributed by atoms with Crippen molar-refractivity contribution in [2.45, 2.75) is 11.8 Å². The third-order valence-electron chi connectivity index (χ3n) is 3.53. The van der Waals surface area contributed by atoms with Crippen LogP contribution in [0.4, 0.5) is 5.69 Å². The maximum absolute atomic E-state index is 12.7. The van der Waals surface area contributed by atoms with Gasteiger partial charge in [0.05, 0.1) is 21.6 Å². The van der Waals surface area contributed by atoms with E-state index in [2.05, 4.69) is 0 Å². The summed E-state index contributed by atoms with van der Waals surface area (Å²) in [5, 5.41) is 0.795. The van der Waals surface area contributed by atoms with Gasteiger partial charge in [-0.1, -0.05) is 47.9 Å². The summed E-state index contributed by atoms with van der Waals surface area (Å²) in [5.74, 6) is -0.991. The molecule has 0 bridgehead atoms. The van der Waals surface area contributed by atoms with E-state index in [1.165, 1.54) is 16.7 Å². The standard InChI is InChI=1S/C14H14N2O4S4.K/c1-2-15-9-5-3-4-6-10(9)22-13(15)11-12(17)16(14(21)23-11)7-8-24(18,19)20;/h3-6H,2,7-8H2,1H3,(H,18,19,20);/q;+1/p-1. The zero-order chi connectivity index (χ0) is 17.5. The van der Waals surface area contributed by atoms with E-state index in [-0.39, 0.29) is 68.2 Å². The van der Waals surface area contributed by atoms with Crippen molar-refractivity contribution in [1.82, 2.24) is 4.90 Å². The molecule has 25 heavy (non-hydrogen) atoms. The first-order chi connectivity index (χ1) is 11.3. The van der Waals surface area contributed by atoms with E-state index in [1.807, 2.05) is 36.1 Å². The Morgan fingerprint density at radius 2 is 1.88 bits per heavy atom. The van der Waals surface area contributed by atoms with Gasteiger partial charge in [-0.3, -0.25) is 9.69 Å². The maximum Gasteiger partial charge on any atom is 1.00 e. The van der Waals surface area contributed by atoms with Gasteiger partial charge in [-0.2, -0.15) is 0 Å². The molecule has 3 rings (SSSR count). The number of hydrogen-bond donors (Lipinski definition) is 0. The Hall–Kier alpha value is 0.566. The number of fused-ring (bicyclic) bond motifs is 1. The first-order valence-electron chi connectivity index (χ1n) is 7.07. The number of thioether (sulfide) groups is 2. The fourth-order valence-corrected chi connectivity index (χ4v) is 5.53. The molecule has 2 aliphatic rings. The number of carbonyl (C=O) groups is 1. The Morgan fingerprint density at radius 3 is 2.52 bits per heavy atom. The van der Waals surface area contributed by atoms with Gasteiger partial charge in [0.1, 0.15) is 14.3 Å². The number of rotatable bonds is 4. The van der Waals surface area contributed by atoms with Crippen molar-refractivity contribution >= 4 is 61.8 Å². The molecule has 0 atom stereocenters. The molecule has 11 heteroatoms. The molecule has 0 aliphatic carbocycles. The molecule has 0 N–H and O–H groups in total. The Bertz CT molecular complexity index is 856. The summed E-state index contributed by atoms with van der Waals surface area (Å²) in [6.45, 7) is 2.48. The fourth-order valence-electron chi connectivity index (χ4n) is 2.44. The van der Waals surface area contributed by atoms with Crippen molar-refractivity contribution in [3.63, 3.8) is 0 Å². The summed E-state index contributed by atoms with van der Waals surface area (Å²) >= 11 is 7.83. The van der Waals surface area contributed by atoms with E-state index >= 15 is 0 Å². The second-order valence-electron chi connectivity index (χ2n) is 5.03. The second kappa shape index (κ2) is 8.72. The molecule has 0 unspecified atom stereocenters. The van der Waals surface area contributed by atoms with Gasteiger partial charge in [-0.05, 0) is 19.1 Å². The van der Waals surface area contributed by atoms with E-state index in [1.54, 1.807) is 0 Å². The molecule has 128 valence electrons. The van der Waals surface area contributed by atoms with Crippen LogP contribution in [0.1, 0.15) is 6.92 Å². The number of para-hydroxylation sites is 1. The number of amides is 1. The van der Waals surface area contributed by atoms with Crippen LogP contribution in [0.15, 0.2) is 39.1 Å². The first kappa shape index (κ1) is 21.9. The van der Waals surface area contributed by atoms with Gasteiger partial charge < -0.3 is 9.45 Å². The number of benzene rings is 1. The predicted octanol–water partition coefficient (Wildman–Crippen LogP) is -0.803. The van der Waals surface area contributed by atoms with Crippen LogP contribution in [0.25, 0.3) is 0 Å². The van der Waals surface area contributed by atoms with Gasteiger partial charge in [-0.15, -0.1) is 0 Å². The predicted molar refractivity (Wildman–Crippen MR) is 98.8 cm³/mol. The largest absolute Gasteiger partial charge is 1.00 e. The summed E-state index contributed by atoms with van der Waals surface area (Å²) in [5.41, 5.74) is 1.03. The molecule has 0 aromatic heterocycles. The Labute approximate surface area is 202 Å². The van der Waals surface area contributed by atoms with Crippen LogP contribution in [0.5, 0.6) is 0 Å². The van der Waals surface area contributed by atoms with Gasteiger partial charge in [-0.25, -0.2) is 8.42 Å². The van der Waals surface area contributed by atoms with Crippen LogP contribution in [-0.2, 0) is 14.9 Å². The average Bonchev–Trinajstić information content (AvgIpc) is 3.02. The third-order valence-corrected chi connectivity index (χ3v) is 6.96. The van der Waals surface area contributed by atoms with Gasteiger partial charge >= 0.3 is 51.4 Å². The normalized spacial score (nSPS) is 20.1. The SMILES string of the molecule is CCN1C(=C2SC(=S)N(CCS(=O)(=O)[O-])C2=O)Sc2ccccc21.[K+].